The molecule has 0 saturated carbocycles. The van der Waals surface area contributed by atoms with E-state index in [9.17, 15) is 8.42 Å². The van der Waals surface area contributed by atoms with Gasteiger partial charge in [-0.1, -0.05) is 35.5 Å². The summed E-state index contributed by atoms with van der Waals surface area (Å²) in [5.74, 6) is 0. The minimum atomic E-state index is -3.39. The maximum Gasteiger partial charge on any atom is 0.205 e. The lowest BCUT2D eigenvalue weighted by molar-refractivity contribution is 0.608. The van der Waals surface area contributed by atoms with E-state index in [2.05, 4.69) is 13.2 Å². The molecule has 0 bridgehead atoms. The zero-order valence-corrected chi connectivity index (χ0v) is 13.2. The zero-order chi connectivity index (χ0) is 15.3. The molecule has 0 radical (unpaired) electrons. The normalized spacial score (nSPS) is 19.0. The Hall–Kier alpha value is -1.61. The summed E-state index contributed by atoms with van der Waals surface area (Å²) in [5, 5.41) is 0. The van der Waals surface area contributed by atoms with Crippen LogP contribution in [-0.2, 0) is 9.84 Å². The molecular weight excluding hydrogens is 280 g/mol. The van der Waals surface area contributed by atoms with Crippen molar-refractivity contribution in [2.24, 2.45) is 0 Å². The summed E-state index contributed by atoms with van der Waals surface area (Å²) >= 11 is 0. The van der Waals surface area contributed by atoms with Crippen LogP contribution in [0.4, 0.5) is 0 Å². The van der Waals surface area contributed by atoms with Crippen LogP contribution in [0.2, 0.25) is 0 Å². The van der Waals surface area contributed by atoms with Crippen LogP contribution in [0.25, 0.3) is 0 Å². The predicted octanol–water partition coefficient (Wildman–Crippen LogP) is 4.76. The molecule has 0 aliphatic heterocycles. The molecule has 0 aromatic heterocycles. The second kappa shape index (κ2) is 6.90. The van der Waals surface area contributed by atoms with Gasteiger partial charge in [0.05, 0.1) is 9.81 Å². The van der Waals surface area contributed by atoms with Gasteiger partial charge in [-0.2, -0.15) is 0 Å². The third kappa shape index (κ3) is 3.73. The second-order valence-electron chi connectivity index (χ2n) is 5.38. The summed E-state index contributed by atoms with van der Waals surface area (Å²) in [6.07, 6.45) is 15.9. The first-order valence-electron chi connectivity index (χ1n) is 7.34. The molecule has 0 atom stereocenters. The van der Waals surface area contributed by atoms with Gasteiger partial charge >= 0.3 is 0 Å². The zero-order valence-electron chi connectivity index (χ0n) is 12.3. The number of allylic oxidation sites excluding steroid dienone is 8. The Morgan fingerprint density at radius 1 is 0.905 bits per heavy atom. The van der Waals surface area contributed by atoms with Crippen molar-refractivity contribution in [2.45, 2.75) is 38.5 Å². The Morgan fingerprint density at radius 2 is 1.33 bits per heavy atom. The topological polar surface area (TPSA) is 34.1 Å². The monoisotopic (exact) mass is 302 g/mol. The van der Waals surface area contributed by atoms with Crippen LogP contribution in [0.15, 0.2) is 70.6 Å². The SMILES string of the molecule is C=CCC1=CC(S(=O)(=O)C2=CCCC(CC=C)=C2)=CCC1. The second-order valence-corrected chi connectivity index (χ2v) is 7.33. The molecule has 2 aliphatic rings. The van der Waals surface area contributed by atoms with Gasteiger partial charge in [-0.05, 0) is 50.7 Å². The van der Waals surface area contributed by atoms with E-state index in [1.54, 1.807) is 0 Å². The van der Waals surface area contributed by atoms with Crippen molar-refractivity contribution in [3.63, 3.8) is 0 Å². The average molecular weight is 302 g/mol. The van der Waals surface area contributed by atoms with E-state index in [0.29, 0.717) is 9.81 Å². The molecule has 21 heavy (non-hydrogen) atoms. The Kier molecular flexibility index (Phi) is 5.18. The van der Waals surface area contributed by atoms with E-state index in [1.165, 1.54) is 0 Å². The molecule has 0 N–H and O–H groups in total. The molecule has 0 aromatic carbocycles. The number of hydrogen-bond acceptors (Lipinski definition) is 2. The summed E-state index contributed by atoms with van der Waals surface area (Å²) in [7, 11) is -3.39. The highest BCUT2D eigenvalue weighted by atomic mass is 32.2. The van der Waals surface area contributed by atoms with Crippen molar-refractivity contribution in [1.29, 1.82) is 0 Å². The van der Waals surface area contributed by atoms with Gasteiger partial charge in [-0.15, -0.1) is 13.2 Å². The fourth-order valence-electron chi connectivity index (χ4n) is 2.67. The molecule has 0 saturated heterocycles. The first kappa shape index (κ1) is 15.8. The fourth-order valence-corrected chi connectivity index (χ4v) is 4.26. The molecule has 2 aliphatic carbocycles. The highest BCUT2D eigenvalue weighted by molar-refractivity contribution is 7.99. The lowest BCUT2D eigenvalue weighted by atomic mass is 10.0. The lowest BCUT2D eigenvalue weighted by Crippen LogP contribution is -2.10. The summed E-state index contributed by atoms with van der Waals surface area (Å²) in [5.41, 5.74) is 2.27. The van der Waals surface area contributed by atoms with Crippen molar-refractivity contribution in [3.8, 4) is 0 Å². The van der Waals surface area contributed by atoms with Crippen LogP contribution in [0, 0.1) is 0 Å². The highest BCUT2D eigenvalue weighted by Gasteiger charge is 2.24. The summed E-state index contributed by atoms with van der Waals surface area (Å²) in [6.45, 7) is 7.44. The van der Waals surface area contributed by atoms with E-state index in [1.807, 2.05) is 36.5 Å². The minimum Gasteiger partial charge on any atom is -0.219 e. The Morgan fingerprint density at radius 3 is 1.71 bits per heavy atom. The van der Waals surface area contributed by atoms with Crippen LogP contribution in [0.1, 0.15) is 38.5 Å². The first-order chi connectivity index (χ1) is 10.1. The number of sulfone groups is 1. The van der Waals surface area contributed by atoms with Crippen molar-refractivity contribution in [2.75, 3.05) is 0 Å². The standard InChI is InChI=1S/C18H22O2S/c1-3-7-15-9-5-11-17(13-15)21(19,20)18-12-6-10-16(14-18)8-4-2/h3-4,11-14H,1-2,5-10H2. The van der Waals surface area contributed by atoms with Crippen molar-refractivity contribution >= 4 is 9.84 Å². The van der Waals surface area contributed by atoms with Crippen LogP contribution in [0.5, 0.6) is 0 Å². The third-order valence-electron chi connectivity index (χ3n) is 3.75. The molecule has 3 heteroatoms. The lowest BCUT2D eigenvalue weighted by Gasteiger charge is -2.17. The van der Waals surface area contributed by atoms with E-state index in [-0.39, 0.29) is 0 Å². The molecule has 0 fully saturated rings. The summed E-state index contributed by atoms with van der Waals surface area (Å²) in [6, 6.07) is 0. The van der Waals surface area contributed by atoms with E-state index >= 15 is 0 Å². The van der Waals surface area contributed by atoms with Crippen molar-refractivity contribution in [1.82, 2.24) is 0 Å². The summed E-state index contributed by atoms with van der Waals surface area (Å²) < 4.78 is 25.5. The fraction of sp³-hybridized carbons (Fsp3) is 0.333. The maximum absolute atomic E-state index is 12.8. The summed E-state index contributed by atoms with van der Waals surface area (Å²) in [4.78, 5) is 0.876. The highest BCUT2D eigenvalue weighted by Crippen LogP contribution is 2.31. The van der Waals surface area contributed by atoms with Crippen LogP contribution in [-0.4, -0.2) is 8.42 Å². The van der Waals surface area contributed by atoms with Gasteiger partial charge in [0.15, 0.2) is 0 Å². The van der Waals surface area contributed by atoms with Crippen molar-refractivity contribution in [3.05, 3.63) is 70.6 Å². The van der Waals surface area contributed by atoms with Gasteiger partial charge in [0.2, 0.25) is 9.84 Å². The van der Waals surface area contributed by atoms with E-state index < -0.39 is 9.84 Å². The third-order valence-corrected chi connectivity index (χ3v) is 5.56. The minimum absolute atomic E-state index is 0.438. The maximum atomic E-state index is 12.8. The van der Waals surface area contributed by atoms with Gasteiger partial charge in [0.25, 0.3) is 0 Å². The molecule has 112 valence electrons. The molecule has 2 rings (SSSR count). The Labute approximate surface area is 127 Å². The molecule has 0 unspecified atom stereocenters. The number of hydrogen-bond donors (Lipinski definition) is 0. The Balaban J connectivity index is 2.30. The van der Waals surface area contributed by atoms with Crippen molar-refractivity contribution < 1.29 is 8.42 Å². The average Bonchev–Trinajstić information content (AvgIpc) is 2.48. The molecule has 2 nitrogen and oxygen atoms in total. The van der Waals surface area contributed by atoms with Gasteiger partial charge in [0, 0.05) is 0 Å². The molecular formula is C18H22O2S. The van der Waals surface area contributed by atoms with Crippen LogP contribution >= 0.6 is 0 Å². The molecule has 0 heterocycles. The van der Waals surface area contributed by atoms with Gasteiger partial charge in [0.1, 0.15) is 0 Å². The van der Waals surface area contributed by atoms with Crippen LogP contribution < -0.4 is 0 Å². The van der Waals surface area contributed by atoms with E-state index in [0.717, 1.165) is 49.7 Å². The van der Waals surface area contributed by atoms with E-state index in [4.69, 9.17) is 0 Å². The first-order valence-corrected chi connectivity index (χ1v) is 8.82. The smallest absolute Gasteiger partial charge is 0.205 e. The van der Waals surface area contributed by atoms with Gasteiger partial charge in [-0.3, -0.25) is 0 Å². The largest absolute Gasteiger partial charge is 0.219 e. The molecule has 0 spiro atoms. The Bertz CT molecular complexity index is 603. The van der Waals surface area contributed by atoms with Crippen LogP contribution in [0.3, 0.4) is 0 Å². The number of rotatable bonds is 6. The van der Waals surface area contributed by atoms with Gasteiger partial charge in [-0.25, -0.2) is 8.42 Å². The van der Waals surface area contributed by atoms with Gasteiger partial charge < -0.3 is 0 Å². The quantitative estimate of drug-likeness (QED) is 0.663. The molecule has 0 aromatic rings. The predicted molar refractivity (Wildman–Crippen MR) is 89.3 cm³/mol. The molecule has 0 amide bonds.